The number of halogens is 1. The molecule has 1 rings (SSSR count). The Balaban J connectivity index is 2.37. The molecule has 0 fully saturated rings. The first kappa shape index (κ1) is 10.8. The summed E-state index contributed by atoms with van der Waals surface area (Å²) >= 11 is 1.43. The minimum absolute atomic E-state index is 0.505. The van der Waals surface area contributed by atoms with Crippen molar-refractivity contribution in [1.82, 2.24) is 4.72 Å². The van der Waals surface area contributed by atoms with Crippen molar-refractivity contribution in [2.45, 2.75) is 6.42 Å². The van der Waals surface area contributed by atoms with Gasteiger partial charge in [-0.1, -0.05) is 28.1 Å². The zero-order chi connectivity index (χ0) is 9.68. The second-order valence-electron chi connectivity index (χ2n) is 2.52. The van der Waals surface area contributed by atoms with Gasteiger partial charge in [0.05, 0.1) is 0 Å². The lowest BCUT2D eigenvalue weighted by Crippen LogP contribution is -2.18. The van der Waals surface area contributed by atoms with Crippen LogP contribution >= 0.6 is 15.9 Å². The van der Waals surface area contributed by atoms with Gasteiger partial charge < -0.3 is 0 Å². The molecule has 3 nitrogen and oxygen atoms in total. The van der Waals surface area contributed by atoms with Gasteiger partial charge in [0.25, 0.3) is 0 Å². The molecule has 13 heavy (non-hydrogen) atoms. The molecule has 0 radical (unpaired) electrons. The minimum atomic E-state index is -1.90. The van der Waals surface area contributed by atoms with Crippen molar-refractivity contribution < 1.29 is 8.76 Å². The predicted molar refractivity (Wildman–Crippen MR) is 56.6 cm³/mol. The molecule has 0 bridgehead atoms. The molecule has 0 aliphatic heterocycles. The zero-order valence-electron chi connectivity index (χ0n) is 6.87. The van der Waals surface area contributed by atoms with Gasteiger partial charge >= 0.3 is 0 Å². The van der Waals surface area contributed by atoms with E-state index in [1.807, 2.05) is 24.3 Å². The van der Waals surface area contributed by atoms with Crippen LogP contribution in [0.1, 0.15) is 5.56 Å². The average Bonchev–Trinajstić information content (AvgIpc) is 2.08. The first-order chi connectivity index (χ1) is 6.18. The highest BCUT2D eigenvalue weighted by Crippen LogP contribution is 2.10. The number of benzene rings is 1. The van der Waals surface area contributed by atoms with Gasteiger partial charge in [0.1, 0.15) is 0 Å². The fourth-order valence-electron chi connectivity index (χ4n) is 0.934. The highest BCUT2D eigenvalue weighted by atomic mass is 79.9. The molecule has 0 aliphatic rings. The van der Waals surface area contributed by atoms with Crippen molar-refractivity contribution in [1.29, 1.82) is 0 Å². The maximum Gasteiger partial charge on any atom is 0.231 e. The van der Waals surface area contributed by atoms with Gasteiger partial charge in [0, 0.05) is 11.0 Å². The Labute approximate surface area is 88.1 Å². The largest absolute Gasteiger partial charge is 0.294 e. The third-order valence-electron chi connectivity index (χ3n) is 1.55. The van der Waals surface area contributed by atoms with Gasteiger partial charge in [0.2, 0.25) is 11.3 Å². The van der Waals surface area contributed by atoms with E-state index in [1.54, 1.807) is 0 Å². The molecule has 1 unspecified atom stereocenters. The Kier molecular flexibility index (Phi) is 4.58. The van der Waals surface area contributed by atoms with Crippen LogP contribution in [0.15, 0.2) is 28.7 Å². The van der Waals surface area contributed by atoms with Crippen LogP contribution in [0.4, 0.5) is 0 Å². The lowest BCUT2D eigenvalue weighted by Gasteiger charge is -2.00. The van der Waals surface area contributed by atoms with Crippen molar-refractivity contribution in [3.63, 3.8) is 0 Å². The summed E-state index contributed by atoms with van der Waals surface area (Å²) in [7, 11) is 0. The second-order valence-corrected chi connectivity index (χ2v) is 4.22. The first-order valence-corrected chi connectivity index (χ1v) is 5.67. The molecule has 0 aromatic heterocycles. The maximum absolute atomic E-state index is 10.2. The van der Waals surface area contributed by atoms with Crippen LogP contribution in [0.3, 0.4) is 0 Å². The molecule has 0 amide bonds. The fourth-order valence-corrected chi connectivity index (χ4v) is 1.47. The summed E-state index contributed by atoms with van der Waals surface area (Å²) in [4.78, 5) is 0. The molecule has 1 aromatic carbocycles. The second kappa shape index (κ2) is 5.49. The van der Waals surface area contributed by atoms with Crippen molar-refractivity contribution >= 4 is 27.2 Å². The first-order valence-electron chi connectivity index (χ1n) is 3.77. The number of hydrogen-bond donors (Lipinski definition) is 2. The lowest BCUT2D eigenvalue weighted by atomic mass is 10.2. The van der Waals surface area contributed by atoms with E-state index in [0.717, 1.165) is 16.5 Å². The van der Waals surface area contributed by atoms with Crippen LogP contribution in [-0.2, 0) is 17.7 Å². The third-order valence-corrected chi connectivity index (χ3v) is 2.53. The molecule has 0 saturated carbocycles. The summed E-state index contributed by atoms with van der Waals surface area (Å²) in [6.07, 6.45) is 0.750. The Morgan fingerprint density at radius 3 is 2.54 bits per heavy atom. The molecule has 0 spiro atoms. The van der Waals surface area contributed by atoms with Gasteiger partial charge in [-0.3, -0.25) is 4.55 Å². The number of nitrogens with one attached hydrogen (secondary N) is 1. The minimum Gasteiger partial charge on any atom is -0.294 e. The van der Waals surface area contributed by atoms with Crippen LogP contribution in [-0.4, -0.2) is 15.3 Å². The summed E-state index contributed by atoms with van der Waals surface area (Å²) in [5, 5.41) is 0. The van der Waals surface area contributed by atoms with E-state index in [-0.39, 0.29) is 0 Å². The van der Waals surface area contributed by atoms with Crippen LogP contribution in [0.25, 0.3) is 0 Å². The van der Waals surface area contributed by atoms with E-state index in [2.05, 4.69) is 20.7 Å². The molecule has 72 valence electrons. The van der Waals surface area contributed by atoms with Gasteiger partial charge in [-0.25, -0.2) is 8.93 Å². The molecule has 5 heteroatoms. The summed E-state index contributed by atoms with van der Waals surface area (Å²) in [6.45, 7) is 0.505. The Morgan fingerprint density at radius 2 is 2.00 bits per heavy atom. The highest BCUT2D eigenvalue weighted by Gasteiger charge is 1.94. The highest BCUT2D eigenvalue weighted by molar-refractivity contribution is 9.10. The molecule has 0 saturated heterocycles. The third kappa shape index (κ3) is 4.52. The summed E-state index contributed by atoms with van der Waals surface area (Å²) < 4.78 is 22.1. The van der Waals surface area contributed by atoms with Crippen LogP contribution < -0.4 is 4.72 Å². The maximum atomic E-state index is 10.2. The fraction of sp³-hybridized carbons (Fsp3) is 0.250. The van der Waals surface area contributed by atoms with E-state index in [9.17, 15) is 4.21 Å². The molecule has 1 atom stereocenters. The van der Waals surface area contributed by atoms with Crippen LogP contribution in [0.2, 0.25) is 0 Å². The molecule has 0 heterocycles. The SMILES string of the molecule is O=S(O)NCCc1ccc(Br)cc1. The van der Waals surface area contributed by atoms with Crippen LogP contribution in [0, 0.1) is 0 Å². The molecular formula is C8H10BrNO2S. The van der Waals surface area contributed by atoms with Crippen molar-refractivity contribution in [2.75, 3.05) is 6.54 Å². The van der Waals surface area contributed by atoms with E-state index in [1.165, 1.54) is 0 Å². The van der Waals surface area contributed by atoms with Crippen LogP contribution in [0.5, 0.6) is 0 Å². The molecular weight excluding hydrogens is 254 g/mol. The van der Waals surface area contributed by atoms with E-state index in [4.69, 9.17) is 4.55 Å². The molecule has 1 aromatic rings. The monoisotopic (exact) mass is 263 g/mol. The van der Waals surface area contributed by atoms with E-state index in [0.29, 0.717) is 6.54 Å². The normalized spacial score (nSPS) is 12.8. The Morgan fingerprint density at radius 1 is 1.38 bits per heavy atom. The van der Waals surface area contributed by atoms with Crippen molar-refractivity contribution in [3.8, 4) is 0 Å². The van der Waals surface area contributed by atoms with Gasteiger partial charge in [0.15, 0.2) is 0 Å². The average molecular weight is 264 g/mol. The smallest absolute Gasteiger partial charge is 0.231 e. The van der Waals surface area contributed by atoms with E-state index >= 15 is 0 Å². The van der Waals surface area contributed by atoms with Gasteiger partial charge in [-0.2, -0.15) is 0 Å². The molecule has 0 aliphatic carbocycles. The standard InChI is InChI=1S/C8H10BrNO2S/c9-8-3-1-7(2-4-8)5-6-10-13(11)12/h1-4,10H,5-6H2,(H,11,12). The van der Waals surface area contributed by atoms with Crippen molar-refractivity contribution in [3.05, 3.63) is 34.3 Å². The lowest BCUT2D eigenvalue weighted by molar-refractivity contribution is 0.549. The topological polar surface area (TPSA) is 49.3 Å². The Bertz CT molecular complexity index is 289. The summed E-state index contributed by atoms with van der Waals surface area (Å²) in [5.41, 5.74) is 1.14. The number of hydrogen-bond acceptors (Lipinski definition) is 1. The zero-order valence-corrected chi connectivity index (χ0v) is 9.27. The summed E-state index contributed by atoms with van der Waals surface area (Å²) in [6, 6.07) is 7.86. The predicted octanol–water partition coefficient (Wildman–Crippen LogP) is 1.72. The Hall–Kier alpha value is -0.230. The summed E-state index contributed by atoms with van der Waals surface area (Å²) in [5.74, 6) is 0. The van der Waals surface area contributed by atoms with E-state index < -0.39 is 11.3 Å². The molecule has 2 N–H and O–H groups in total. The van der Waals surface area contributed by atoms with Gasteiger partial charge in [-0.05, 0) is 24.1 Å². The van der Waals surface area contributed by atoms with Crippen molar-refractivity contribution in [2.24, 2.45) is 0 Å². The number of rotatable bonds is 4. The quantitative estimate of drug-likeness (QED) is 0.813. The van der Waals surface area contributed by atoms with Gasteiger partial charge in [-0.15, -0.1) is 0 Å².